The van der Waals surface area contributed by atoms with E-state index < -0.39 is 37.2 Å². The van der Waals surface area contributed by atoms with Gasteiger partial charge in [0.25, 0.3) is 5.91 Å². The Balaban J connectivity index is 2.31. The maximum atomic E-state index is 11.6. The molecule has 2 N–H and O–H groups in total. The second-order valence-electron chi connectivity index (χ2n) is 3.67. The minimum absolute atomic E-state index is 0.0750. The van der Waals surface area contributed by atoms with Crippen LogP contribution in [0, 0.1) is 11.3 Å². The van der Waals surface area contributed by atoms with Crippen LogP contribution in [-0.4, -0.2) is 66.9 Å². The fourth-order valence-electron chi connectivity index (χ4n) is 1.38. The van der Waals surface area contributed by atoms with Crippen LogP contribution in [0.3, 0.4) is 0 Å². The fourth-order valence-corrected chi connectivity index (χ4v) is 1.38. The number of urea groups is 1. The summed E-state index contributed by atoms with van der Waals surface area (Å²) in [6, 6.07) is 1.21. The summed E-state index contributed by atoms with van der Waals surface area (Å²) in [5, 5.41) is 19.0. The molecule has 3 amide bonds. The summed E-state index contributed by atoms with van der Waals surface area (Å²) in [7, 11) is 0. The predicted molar refractivity (Wildman–Crippen MR) is 58.9 cm³/mol. The summed E-state index contributed by atoms with van der Waals surface area (Å²) in [6.45, 7) is -0.575. The number of aliphatic carboxylic acids is 1. The van der Waals surface area contributed by atoms with Crippen LogP contribution < -0.4 is 5.32 Å². The van der Waals surface area contributed by atoms with Gasteiger partial charge in [-0.3, -0.25) is 10.1 Å². The number of morpholine rings is 1. The highest BCUT2D eigenvalue weighted by Gasteiger charge is 2.24. The molecule has 0 radical (unpaired) electrons. The number of carboxylic acid groups (broad SMARTS) is 1. The van der Waals surface area contributed by atoms with Crippen molar-refractivity contribution in [2.45, 2.75) is 6.10 Å². The number of nitrogens with zero attached hydrogens (tertiary/aromatic N) is 2. The van der Waals surface area contributed by atoms with Crippen LogP contribution in [0.5, 0.6) is 0 Å². The smallest absolute Gasteiger partial charge is 0.329 e. The molecule has 1 heterocycles. The number of rotatable bonds is 4. The zero-order chi connectivity index (χ0) is 14.3. The lowest BCUT2D eigenvalue weighted by atomic mass is 10.3. The van der Waals surface area contributed by atoms with E-state index >= 15 is 0 Å². The topological polar surface area (TPSA) is 129 Å². The van der Waals surface area contributed by atoms with Crippen LogP contribution in [0.2, 0.25) is 0 Å². The lowest BCUT2D eigenvalue weighted by molar-refractivity contribution is -0.143. The predicted octanol–water partition coefficient (Wildman–Crippen LogP) is -1.45. The van der Waals surface area contributed by atoms with Gasteiger partial charge in [0.05, 0.1) is 19.2 Å². The van der Waals surface area contributed by atoms with Gasteiger partial charge in [-0.1, -0.05) is 0 Å². The molecule has 0 aromatic carbocycles. The summed E-state index contributed by atoms with van der Waals surface area (Å²) in [5.74, 6) is -1.95. The second-order valence-corrected chi connectivity index (χ2v) is 3.67. The first-order valence-corrected chi connectivity index (χ1v) is 5.42. The van der Waals surface area contributed by atoms with Gasteiger partial charge in [0.1, 0.15) is 13.2 Å². The molecule has 0 aliphatic carbocycles. The van der Waals surface area contributed by atoms with Gasteiger partial charge in [0.15, 0.2) is 6.10 Å². The molecule has 9 nitrogen and oxygen atoms in total. The number of ether oxygens (including phenoxy) is 2. The molecule has 1 aliphatic heterocycles. The molecule has 0 saturated carbocycles. The summed E-state index contributed by atoms with van der Waals surface area (Å²) < 4.78 is 9.57. The summed E-state index contributed by atoms with van der Waals surface area (Å²) >= 11 is 0. The molecule has 0 aromatic rings. The monoisotopic (exact) mass is 271 g/mol. The van der Waals surface area contributed by atoms with E-state index in [0.717, 1.165) is 0 Å². The number of carboxylic acids is 1. The van der Waals surface area contributed by atoms with Gasteiger partial charge >= 0.3 is 12.0 Å². The Morgan fingerprint density at radius 1 is 1.47 bits per heavy atom. The number of nitrogens with one attached hydrogen (secondary N) is 1. The van der Waals surface area contributed by atoms with Crippen LogP contribution in [0.15, 0.2) is 0 Å². The quantitative estimate of drug-likeness (QED) is 0.639. The van der Waals surface area contributed by atoms with Gasteiger partial charge < -0.3 is 19.5 Å². The Bertz CT molecular complexity index is 405. The molecular weight excluding hydrogens is 258 g/mol. The minimum Gasteiger partial charge on any atom is -0.480 e. The van der Waals surface area contributed by atoms with Gasteiger partial charge in [-0.25, -0.2) is 9.59 Å². The highest BCUT2D eigenvalue weighted by Crippen LogP contribution is 2.04. The minimum atomic E-state index is -1.20. The molecule has 0 bridgehead atoms. The third kappa shape index (κ3) is 5.33. The maximum Gasteiger partial charge on any atom is 0.329 e. The van der Waals surface area contributed by atoms with E-state index in [0.29, 0.717) is 0 Å². The molecule has 1 rings (SSSR count). The fraction of sp³-hybridized carbons (Fsp3) is 0.600. The number of hydrogen-bond acceptors (Lipinski definition) is 6. The van der Waals surface area contributed by atoms with Crippen LogP contribution in [0.4, 0.5) is 4.79 Å². The zero-order valence-electron chi connectivity index (χ0n) is 10.00. The molecular formula is C10H13N3O6. The first-order valence-electron chi connectivity index (χ1n) is 5.42. The van der Waals surface area contributed by atoms with Crippen LogP contribution in [0.25, 0.3) is 0 Å². The average molecular weight is 271 g/mol. The van der Waals surface area contributed by atoms with Crippen molar-refractivity contribution in [2.24, 2.45) is 0 Å². The van der Waals surface area contributed by atoms with E-state index in [9.17, 15) is 14.4 Å². The summed E-state index contributed by atoms with van der Waals surface area (Å²) in [5.41, 5.74) is 0. The molecule has 104 valence electrons. The largest absolute Gasteiger partial charge is 0.480 e. The van der Waals surface area contributed by atoms with Crippen molar-refractivity contribution >= 4 is 17.9 Å². The lowest BCUT2D eigenvalue weighted by Gasteiger charge is -2.29. The Kier molecular flexibility index (Phi) is 5.72. The molecule has 1 unspecified atom stereocenters. The van der Waals surface area contributed by atoms with Crippen LogP contribution in [0.1, 0.15) is 0 Å². The van der Waals surface area contributed by atoms with E-state index in [1.807, 2.05) is 11.4 Å². The Morgan fingerprint density at radius 2 is 2.21 bits per heavy atom. The Hall–Kier alpha value is -2.18. The van der Waals surface area contributed by atoms with Gasteiger partial charge in [-0.2, -0.15) is 5.26 Å². The third-order valence-corrected chi connectivity index (χ3v) is 2.20. The normalized spacial score (nSPS) is 18.5. The van der Waals surface area contributed by atoms with E-state index in [1.165, 1.54) is 4.90 Å². The summed E-state index contributed by atoms with van der Waals surface area (Å²) in [4.78, 5) is 34.3. The van der Waals surface area contributed by atoms with Crippen molar-refractivity contribution in [3.05, 3.63) is 0 Å². The molecule has 19 heavy (non-hydrogen) atoms. The number of imide groups is 1. The van der Waals surface area contributed by atoms with Crippen molar-refractivity contribution in [2.75, 3.05) is 32.9 Å². The molecule has 1 atom stereocenters. The SMILES string of the molecule is N#CC1CN(C(=O)NC(=O)COCC(=O)O)CCO1. The highest BCUT2D eigenvalue weighted by molar-refractivity contribution is 5.95. The number of carbonyl (C=O) groups is 3. The van der Waals surface area contributed by atoms with Crippen LogP contribution >= 0.6 is 0 Å². The molecule has 0 spiro atoms. The highest BCUT2D eigenvalue weighted by atomic mass is 16.5. The Labute approximate surface area is 108 Å². The molecule has 0 aromatic heterocycles. The van der Waals surface area contributed by atoms with E-state index in [-0.39, 0.29) is 19.7 Å². The van der Waals surface area contributed by atoms with E-state index in [2.05, 4.69) is 4.74 Å². The molecule has 1 fully saturated rings. The first kappa shape index (κ1) is 14.9. The second kappa shape index (κ2) is 7.30. The van der Waals surface area contributed by atoms with Gasteiger partial charge in [-0.15, -0.1) is 0 Å². The average Bonchev–Trinajstić information content (AvgIpc) is 2.38. The van der Waals surface area contributed by atoms with Crippen molar-refractivity contribution in [3.63, 3.8) is 0 Å². The Morgan fingerprint density at radius 3 is 2.84 bits per heavy atom. The van der Waals surface area contributed by atoms with Crippen molar-refractivity contribution in [3.8, 4) is 6.07 Å². The third-order valence-electron chi connectivity index (χ3n) is 2.20. The zero-order valence-corrected chi connectivity index (χ0v) is 10.00. The maximum absolute atomic E-state index is 11.6. The van der Waals surface area contributed by atoms with Gasteiger partial charge in [0, 0.05) is 6.54 Å². The first-order chi connectivity index (χ1) is 9.02. The number of hydrogen-bond donors (Lipinski definition) is 2. The van der Waals surface area contributed by atoms with E-state index in [4.69, 9.17) is 15.1 Å². The number of carbonyl (C=O) groups excluding carboxylic acids is 2. The van der Waals surface area contributed by atoms with Gasteiger partial charge in [-0.05, 0) is 0 Å². The number of nitriles is 1. The van der Waals surface area contributed by atoms with E-state index in [1.54, 1.807) is 0 Å². The van der Waals surface area contributed by atoms with Crippen LogP contribution in [-0.2, 0) is 19.1 Å². The van der Waals surface area contributed by atoms with Crippen molar-refractivity contribution in [1.29, 1.82) is 5.26 Å². The molecule has 1 aliphatic rings. The standard InChI is InChI=1S/C10H13N3O6/c11-3-7-4-13(1-2-19-7)10(17)12-8(14)5-18-6-9(15)16/h7H,1-2,4-6H2,(H,15,16)(H,12,14,17). The summed E-state index contributed by atoms with van der Waals surface area (Å²) in [6.07, 6.45) is -0.710. The van der Waals surface area contributed by atoms with Gasteiger partial charge in [0.2, 0.25) is 0 Å². The lowest BCUT2D eigenvalue weighted by Crippen LogP contribution is -2.51. The molecule has 9 heteroatoms. The molecule has 1 saturated heterocycles. The van der Waals surface area contributed by atoms with Crippen molar-refractivity contribution in [1.82, 2.24) is 10.2 Å². The van der Waals surface area contributed by atoms with Crippen molar-refractivity contribution < 1.29 is 29.0 Å². The number of amides is 3.